The molecule has 100 valence electrons. The molecule has 1 aromatic rings. The lowest BCUT2D eigenvalue weighted by atomic mass is 10.1. The maximum Gasteiger partial charge on any atom is 0.120 e. The molecule has 4 heteroatoms. The molecule has 1 aromatic carbocycles. The number of anilines is 1. The van der Waals surface area contributed by atoms with Gasteiger partial charge in [-0.15, -0.1) is 23.2 Å². The molecular formula is C14H19Cl2NO. The third-order valence-electron chi connectivity index (χ3n) is 2.80. The molecule has 0 aliphatic carbocycles. The number of alkyl halides is 2. The van der Waals surface area contributed by atoms with Crippen molar-refractivity contribution in [3.05, 3.63) is 29.8 Å². The molecule has 0 saturated carbocycles. The van der Waals surface area contributed by atoms with Crippen molar-refractivity contribution in [1.29, 1.82) is 0 Å². The summed E-state index contributed by atoms with van der Waals surface area (Å²) in [7, 11) is 0. The van der Waals surface area contributed by atoms with Gasteiger partial charge < -0.3 is 9.69 Å². The Balaban J connectivity index is 2.58. The average molecular weight is 288 g/mol. The van der Waals surface area contributed by atoms with Crippen LogP contribution in [-0.4, -0.2) is 31.1 Å². The lowest BCUT2D eigenvalue weighted by Gasteiger charge is -2.23. The Labute approximate surface area is 119 Å². The fourth-order valence-corrected chi connectivity index (χ4v) is 2.25. The normalized spacial score (nSPS) is 10.3. The number of nitrogens with zero attached hydrogens (tertiary/aromatic N) is 1. The van der Waals surface area contributed by atoms with Crippen molar-refractivity contribution in [3.8, 4) is 0 Å². The highest BCUT2D eigenvalue weighted by atomic mass is 35.5. The van der Waals surface area contributed by atoms with Crippen LogP contribution < -0.4 is 4.90 Å². The number of unbranched alkanes of at least 4 members (excludes halogenated alkanes) is 1. The molecule has 18 heavy (non-hydrogen) atoms. The van der Waals surface area contributed by atoms with Crippen LogP contribution >= 0.6 is 23.2 Å². The number of halogens is 2. The summed E-state index contributed by atoms with van der Waals surface area (Å²) in [5, 5.41) is 0. The van der Waals surface area contributed by atoms with Crippen LogP contribution in [0, 0.1) is 0 Å². The van der Waals surface area contributed by atoms with Crippen LogP contribution in [0.15, 0.2) is 24.3 Å². The van der Waals surface area contributed by atoms with E-state index >= 15 is 0 Å². The van der Waals surface area contributed by atoms with E-state index in [1.807, 2.05) is 0 Å². The van der Waals surface area contributed by atoms with E-state index in [2.05, 4.69) is 29.2 Å². The third-order valence-corrected chi connectivity index (χ3v) is 3.14. The largest absolute Gasteiger partial charge is 0.369 e. The summed E-state index contributed by atoms with van der Waals surface area (Å²) in [5.41, 5.74) is 2.41. The summed E-state index contributed by atoms with van der Waals surface area (Å²) in [5.74, 6) is 1.19. The summed E-state index contributed by atoms with van der Waals surface area (Å²) in [6.07, 6.45) is 3.46. The fourth-order valence-electron chi connectivity index (χ4n) is 1.84. The molecule has 0 fully saturated rings. The smallest absolute Gasteiger partial charge is 0.120 e. The maximum absolute atomic E-state index is 10.3. The second-order valence-electron chi connectivity index (χ2n) is 4.09. The van der Waals surface area contributed by atoms with E-state index in [0.717, 1.165) is 37.9 Å². The zero-order valence-corrected chi connectivity index (χ0v) is 12.0. The molecule has 2 nitrogen and oxygen atoms in total. The Morgan fingerprint density at radius 3 is 2.17 bits per heavy atom. The van der Waals surface area contributed by atoms with Crippen molar-refractivity contribution in [2.24, 2.45) is 0 Å². The molecule has 0 aliphatic heterocycles. The second-order valence-corrected chi connectivity index (χ2v) is 4.85. The van der Waals surface area contributed by atoms with Crippen molar-refractivity contribution in [3.63, 3.8) is 0 Å². The number of carbonyl (C=O) groups excluding carboxylic acids is 1. The van der Waals surface area contributed by atoms with Crippen LogP contribution in [0.4, 0.5) is 5.69 Å². The predicted molar refractivity (Wildman–Crippen MR) is 79.1 cm³/mol. The summed E-state index contributed by atoms with van der Waals surface area (Å²) < 4.78 is 0. The number of benzene rings is 1. The van der Waals surface area contributed by atoms with E-state index < -0.39 is 0 Å². The van der Waals surface area contributed by atoms with Gasteiger partial charge >= 0.3 is 0 Å². The van der Waals surface area contributed by atoms with E-state index in [1.54, 1.807) is 0 Å². The van der Waals surface area contributed by atoms with E-state index in [0.29, 0.717) is 18.2 Å². The van der Waals surface area contributed by atoms with Crippen molar-refractivity contribution >= 4 is 35.2 Å². The zero-order valence-electron chi connectivity index (χ0n) is 10.4. The highest BCUT2D eigenvalue weighted by Crippen LogP contribution is 2.16. The second kappa shape index (κ2) is 9.23. The molecule has 0 unspecified atom stereocenters. The number of aldehydes is 1. The van der Waals surface area contributed by atoms with E-state index in [9.17, 15) is 4.79 Å². The Morgan fingerprint density at radius 2 is 1.67 bits per heavy atom. The molecular weight excluding hydrogens is 269 g/mol. The van der Waals surface area contributed by atoms with Gasteiger partial charge in [0.15, 0.2) is 0 Å². The minimum Gasteiger partial charge on any atom is -0.369 e. The van der Waals surface area contributed by atoms with Crippen LogP contribution in [0.5, 0.6) is 0 Å². The summed E-state index contributed by atoms with van der Waals surface area (Å²) in [4.78, 5) is 12.4. The SMILES string of the molecule is O=CCCCc1ccc(N(CCCl)CCCl)cc1. The molecule has 0 N–H and O–H groups in total. The van der Waals surface area contributed by atoms with E-state index in [1.165, 1.54) is 5.56 Å². The van der Waals surface area contributed by atoms with Gasteiger partial charge in [0.05, 0.1) is 0 Å². The van der Waals surface area contributed by atoms with Crippen LogP contribution in [0.2, 0.25) is 0 Å². The maximum atomic E-state index is 10.3. The fraction of sp³-hybridized carbons (Fsp3) is 0.500. The Morgan fingerprint density at radius 1 is 1.06 bits per heavy atom. The molecule has 0 bridgehead atoms. The van der Waals surface area contributed by atoms with Gasteiger partial charge in [-0.2, -0.15) is 0 Å². The zero-order chi connectivity index (χ0) is 13.2. The molecule has 0 aliphatic rings. The minimum absolute atomic E-state index is 0.595. The molecule has 0 radical (unpaired) electrons. The van der Waals surface area contributed by atoms with Gasteiger partial charge in [-0.3, -0.25) is 0 Å². The monoisotopic (exact) mass is 287 g/mol. The van der Waals surface area contributed by atoms with Crippen molar-refractivity contribution in [2.75, 3.05) is 29.7 Å². The predicted octanol–water partition coefficient (Wildman–Crippen LogP) is 3.49. The van der Waals surface area contributed by atoms with Crippen molar-refractivity contribution < 1.29 is 4.79 Å². The molecule has 0 spiro atoms. The number of hydrogen-bond donors (Lipinski definition) is 0. The quantitative estimate of drug-likeness (QED) is 0.394. The van der Waals surface area contributed by atoms with Gasteiger partial charge in [-0.1, -0.05) is 12.1 Å². The number of aryl methyl sites for hydroxylation is 1. The minimum atomic E-state index is 0.595. The molecule has 0 amide bonds. The lowest BCUT2D eigenvalue weighted by Crippen LogP contribution is -2.27. The van der Waals surface area contributed by atoms with Gasteiger partial charge in [0.25, 0.3) is 0 Å². The molecule has 0 heterocycles. The first-order valence-corrected chi connectivity index (χ1v) is 7.28. The highest BCUT2D eigenvalue weighted by Gasteiger charge is 2.04. The van der Waals surface area contributed by atoms with Crippen molar-refractivity contribution in [2.45, 2.75) is 19.3 Å². The highest BCUT2D eigenvalue weighted by molar-refractivity contribution is 6.18. The first kappa shape index (κ1) is 15.3. The van der Waals surface area contributed by atoms with Gasteiger partial charge in [-0.25, -0.2) is 0 Å². The summed E-state index contributed by atoms with van der Waals surface area (Å²) in [6, 6.07) is 8.40. The molecule has 0 aromatic heterocycles. The van der Waals surface area contributed by atoms with Gasteiger partial charge in [0.1, 0.15) is 6.29 Å². The Bertz CT molecular complexity index is 334. The number of rotatable bonds is 9. The molecule has 0 saturated heterocycles. The molecule has 1 rings (SSSR count). The number of carbonyl (C=O) groups is 1. The van der Waals surface area contributed by atoms with Crippen LogP contribution in [0.3, 0.4) is 0 Å². The number of hydrogen-bond acceptors (Lipinski definition) is 2. The Kier molecular flexibility index (Phi) is 7.86. The van der Waals surface area contributed by atoms with Crippen LogP contribution in [-0.2, 0) is 11.2 Å². The topological polar surface area (TPSA) is 20.3 Å². The van der Waals surface area contributed by atoms with Crippen LogP contribution in [0.25, 0.3) is 0 Å². The molecule has 0 atom stereocenters. The van der Waals surface area contributed by atoms with E-state index in [-0.39, 0.29) is 0 Å². The first-order chi connectivity index (χ1) is 8.81. The van der Waals surface area contributed by atoms with Gasteiger partial charge in [0.2, 0.25) is 0 Å². The average Bonchev–Trinajstić information content (AvgIpc) is 2.40. The third kappa shape index (κ3) is 5.28. The summed E-state index contributed by atoms with van der Waals surface area (Å²) in [6.45, 7) is 1.61. The standard InChI is InChI=1S/C14H19Cl2NO/c15-8-10-17(11-9-16)14-6-4-13(5-7-14)3-1-2-12-18/h4-7,12H,1-3,8-11H2. The van der Waals surface area contributed by atoms with Crippen molar-refractivity contribution in [1.82, 2.24) is 0 Å². The van der Waals surface area contributed by atoms with E-state index in [4.69, 9.17) is 23.2 Å². The van der Waals surface area contributed by atoms with Gasteiger partial charge in [0, 0.05) is 37.0 Å². The van der Waals surface area contributed by atoms with Crippen LogP contribution in [0.1, 0.15) is 18.4 Å². The first-order valence-electron chi connectivity index (χ1n) is 6.21. The lowest BCUT2D eigenvalue weighted by molar-refractivity contribution is -0.107. The summed E-state index contributed by atoms with van der Waals surface area (Å²) >= 11 is 11.6. The van der Waals surface area contributed by atoms with Gasteiger partial charge in [-0.05, 0) is 30.5 Å². The Hall–Kier alpha value is -0.730.